The number of nitrogens with two attached hydrogens (primary N) is 1. The van der Waals surface area contributed by atoms with E-state index in [2.05, 4.69) is 15.6 Å². The lowest BCUT2D eigenvalue weighted by Gasteiger charge is -2.33. The lowest BCUT2D eigenvalue weighted by molar-refractivity contribution is -0.308. The predicted octanol–water partition coefficient (Wildman–Crippen LogP) is 2.40. The quantitative estimate of drug-likeness (QED) is 0.561. The number of hydrazine groups is 2. The molecule has 7 nitrogen and oxygen atoms in total. The number of nitrogens with one attached hydrogen (secondary N) is 2. The van der Waals surface area contributed by atoms with E-state index in [4.69, 9.17) is 5.73 Å². The summed E-state index contributed by atoms with van der Waals surface area (Å²) in [4.78, 5) is 12.6. The maximum absolute atomic E-state index is 12.5. The van der Waals surface area contributed by atoms with Gasteiger partial charge in [-0.3, -0.25) is 5.43 Å². The van der Waals surface area contributed by atoms with Crippen molar-refractivity contribution in [3.63, 3.8) is 0 Å². The van der Waals surface area contributed by atoms with Gasteiger partial charge in [-0.2, -0.15) is 26.3 Å². The zero-order valence-electron chi connectivity index (χ0n) is 15.4. The van der Waals surface area contributed by atoms with Crippen LogP contribution in [0.3, 0.4) is 0 Å². The molecule has 0 saturated carbocycles. The van der Waals surface area contributed by atoms with Crippen LogP contribution in [-0.2, 0) is 4.74 Å². The molecule has 2 aliphatic heterocycles. The van der Waals surface area contributed by atoms with Gasteiger partial charge >= 0.3 is 18.4 Å². The molecule has 2 aliphatic rings. The van der Waals surface area contributed by atoms with Gasteiger partial charge in [0.25, 0.3) is 6.10 Å². The Balaban J connectivity index is 1.71. The minimum atomic E-state index is -5.71. The molecule has 2 rings (SSSR count). The number of alkyl halides is 6. The molecule has 0 aromatic heterocycles. The molecule has 166 valence electrons. The molecule has 0 unspecified atom stereocenters. The molecule has 29 heavy (non-hydrogen) atoms. The highest BCUT2D eigenvalue weighted by Gasteiger charge is 2.60. The number of nitrogens with zero attached hydrogens (tertiary/aromatic N) is 2. The largest absolute Gasteiger partial charge is 0.434 e. The Bertz CT molecular complexity index is 600. The Kier molecular flexibility index (Phi) is 7.63. The Morgan fingerprint density at radius 1 is 1.24 bits per heavy atom. The van der Waals surface area contributed by atoms with E-state index < -0.39 is 24.5 Å². The van der Waals surface area contributed by atoms with E-state index in [-0.39, 0.29) is 19.0 Å². The first-order valence-electron chi connectivity index (χ1n) is 8.96. The van der Waals surface area contributed by atoms with Gasteiger partial charge < -0.3 is 15.4 Å². The van der Waals surface area contributed by atoms with E-state index in [1.165, 1.54) is 0 Å². The van der Waals surface area contributed by atoms with Crippen LogP contribution in [0.5, 0.6) is 0 Å². The molecule has 0 atom stereocenters. The molecule has 0 aromatic carbocycles. The average molecular weight is 431 g/mol. The minimum Gasteiger partial charge on any atom is -0.426 e. The molecule has 1 fully saturated rings. The Labute approximate surface area is 163 Å². The second kappa shape index (κ2) is 9.57. The monoisotopic (exact) mass is 431 g/mol. The van der Waals surface area contributed by atoms with E-state index in [1.807, 2.05) is 6.08 Å². The second-order valence-corrected chi connectivity index (χ2v) is 6.71. The highest BCUT2D eigenvalue weighted by Crippen LogP contribution is 2.36. The first-order valence-corrected chi connectivity index (χ1v) is 8.96. The molecule has 1 saturated heterocycles. The number of carbonyl (C=O) groups is 1. The molecule has 0 radical (unpaired) electrons. The summed E-state index contributed by atoms with van der Waals surface area (Å²) < 4.78 is 78.7. The Morgan fingerprint density at radius 2 is 1.86 bits per heavy atom. The van der Waals surface area contributed by atoms with Gasteiger partial charge in [0.05, 0.1) is 0 Å². The molecule has 0 aromatic rings. The topological polar surface area (TPSA) is 82.9 Å². The molecule has 0 spiro atoms. The number of rotatable bonds is 6. The number of halogens is 6. The van der Waals surface area contributed by atoms with Crippen molar-refractivity contribution in [1.82, 2.24) is 20.9 Å². The van der Waals surface area contributed by atoms with Crippen LogP contribution in [0.2, 0.25) is 0 Å². The zero-order valence-corrected chi connectivity index (χ0v) is 15.4. The van der Waals surface area contributed by atoms with Crippen molar-refractivity contribution in [2.45, 2.75) is 37.7 Å². The maximum atomic E-state index is 12.5. The van der Waals surface area contributed by atoms with Crippen LogP contribution in [0, 0.1) is 5.92 Å². The van der Waals surface area contributed by atoms with Crippen molar-refractivity contribution >= 4 is 6.09 Å². The van der Waals surface area contributed by atoms with Gasteiger partial charge in [-0.15, -0.1) is 0 Å². The molecule has 0 bridgehead atoms. The second-order valence-electron chi connectivity index (χ2n) is 6.71. The van der Waals surface area contributed by atoms with Crippen LogP contribution in [0.15, 0.2) is 24.0 Å². The number of likely N-dealkylation sites (tertiary alicyclic amines) is 1. The van der Waals surface area contributed by atoms with Crippen molar-refractivity contribution in [1.29, 1.82) is 0 Å². The summed E-state index contributed by atoms with van der Waals surface area (Å²) >= 11 is 0. The van der Waals surface area contributed by atoms with Crippen LogP contribution in [0.1, 0.15) is 19.3 Å². The standard InChI is InChI=1S/C16H23F6N5O2/c17-15(18,19)13(16(20,21)22)29-14(28)26-6-2-11(3-7-26)1-5-24-27-8-4-12(9-23)10-25-27/h4,8,10-11,13,24-25H,1-3,5-7,9,23H2. The summed E-state index contributed by atoms with van der Waals surface area (Å²) in [5.74, 6) is 0.177. The summed E-state index contributed by atoms with van der Waals surface area (Å²) in [6, 6.07) is 0. The number of carbonyl (C=O) groups excluding carboxylic acids is 1. The van der Waals surface area contributed by atoms with Gasteiger partial charge in [0.1, 0.15) is 0 Å². The van der Waals surface area contributed by atoms with E-state index in [0.29, 0.717) is 25.9 Å². The van der Waals surface area contributed by atoms with E-state index >= 15 is 0 Å². The van der Waals surface area contributed by atoms with Crippen molar-refractivity contribution in [3.8, 4) is 0 Å². The molecule has 2 heterocycles. The van der Waals surface area contributed by atoms with Crippen LogP contribution < -0.4 is 16.6 Å². The van der Waals surface area contributed by atoms with Crippen molar-refractivity contribution in [3.05, 3.63) is 24.0 Å². The average Bonchev–Trinajstić information content (AvgIpc) is 2.65. The lowest BCUT2D eigenvalue weighted by atomic mass is 9.94. The summed E-state index contributed by atoms with van der Waals surface area (Å²) in [7, 11) is 0. The fraction of sp³-hybridized carbons (Fsp3) is 0.688. The van der Waals surface area contributed by atoms with E-state index in [0.717, 1.165) is 16.9 Å². The van der Waals surface area contributed by atoms with E-state index in [1.54, 1.807) is 17.5 Å². The van der Waals surface area contributed by atoms with Crippen LogP contribution >= 0.6 is 0 Å². The van der Waals surface area contributed by atoms with Crippen molar-refractivity contribution in [2.24, 2.45) is 11.7 Å². The lowest BCUT2D eigenvalue weighted by Crippen LogP contribution is -2.49. The van der Waals surface area contributed by atoms with Gasteiger partial charge in [0, 0.05) is 38.6 Å². The molecule has 4 N–H and O–H groups in total. The molecule has 1 amide bonds. The number of hydrogen-bond donors (Lipinski definition) is 3. The first kappa shape index (κ1) is 23.1. The summed E-state index contributed by atoms with van der Waals surface area (Å²) in [5.41, 5.74) is 12.5. The summed E-state index contributed by atoms with van der Waals surface area (Å²) in [5, 5.41) is 1.64. The third-order valence-electron chi connectivity index (χ3n) is 4.58. The fourth-order valence-electron chi connectivity index (χ4n) is 2.93. The molecular formula is C16H23F6N5O2. The Hall–Kier alpha value is -2.15. The summed E-state index contributed by atoms with van der Waals surface area (Å²) in [6.07, 6.45) is -10.2. The number of ether oxygens (including phenoxy) is 1. The number of amides is 1. The van der Waals surface area contributed by atoms with Gasteiger partial charge in [-0.05, 0) is 36.8 Å². The highest BCUT2D eigenvalue weighted by atomic mass is 19.4. The van der Waals surface area contributed by atoms with Crippen molar-refractivity contribution in [2.75, 3.05) is 26.2 Å². The SMILES string of the molecule is NCC1=CNN(NCCC2CCN(C(=O)OC(C(F)(F)F)C(F)(F)F)CC2)C=C1. The molecular weight excluding hydrogens is 408 g/mol. The van der Waals surface area contributed by atoms with Crippen LogP contribution in [-0.4, -0.2) is 60.7 Å². The predicted molar refractivity (Wildman–Crippen MR) is 90.5 cm³/mol. The van der Waals surface area contributed by atoms with Gasteiger partial charge in [0.15, 0.2) is 0 Å². The normalized spacial score (nSPS) is 18.7. The highest BCUT2D eigenvalue weighted by molar-refractivity contribution is 5.68. The molecule has 0 aliphatic carbocycles. The maximum Gasteiger partial charge on any atom is 0.434 e. The minimum absolute atomic E-state index is 0.0381. The van der Waals surface area contributed by atoms with Crippen LogP contribution in [0.4, 0.5) is 31.1 Å². The number of piperidine rings is 1. The van der Waals surface area contributed by atoms with Gasteiger partial charge in [-0.25, -0.2) is 15.3 Å². The van der Waals surface area contributed by atoms with Crippen molar-refractivity contribution < 1.29 is 35.9 Å². The first-order chi connectivity index (χ1) is 13.5. The van der Waals surface area contributed by atoms with Crippen LogP contribution in [0.25, 0.3) is 0 Å². The smallest absolute Gasteiger partial charge is 0.426 e. The zero-order chi connectivity index (χ0) is 21.7. The van der Waals surface area contributed by atoms with Gasteiger partial charge in [0.2, 0.25) is 0 Å². The van der Waals surface area contributed by atoms with E-state index in [9.17, 15) is 31.1 Å². The molecule has 13 heteroatoms. The fourth-order valence-corrected chi connectivity index (χ4v) is 2.93. The Morgan fingerprint density at radius 3 is 2.34 bits per heavy atom. The van der Waals surface area contributed by atoms with Gasteiger partial charge in [-0.1, -0.05) is 0 Å². The third-order valence-corrected chi connectivity index (χ3v) is 4.58. The number of hydrogen-bond acceptors (Lipinski definition) is 6. The third kappa shape index (κ3) is 6.99. The summed E-state index contributed by atoms with van der Waals surface area (Å²) in [6.45, 7) is 1.07.